The van der Waals surface area contributed by atoms with Crippen molar-refractivity contribution in [3.63, 3.8) is 0 Å². The molecule has 33 heavy (non-hydrogen) atoms. The van der Waals surface area contributed by atoms with Crippen LogP contribution in [-0.2, 0) is 6.54 Å². The predicted octanol–water partition coefficient (Wildman–Crippen LogP) is 4.54. The Morgan fingerprint density at radius 1 is 1.18 bits per heavy atom. The Hall–Kier alpha value is -4.05. The molecule has 10 nitrogen and oxygen atoms in total. The third-order valence-corrected chi connectivity index (χ3v) is 5.12. The number of nitrogens with zero attached hydrogens (tertiary/aromatic N) is 6. The average Bonchev–Trinajstić information content (AvgIpc) is 3.49. The monoisotopic (exact) mass is 466 g/mol. The van der Waals surface area contributed by atoms with Crippen LogP contribution in [0.5, 0.6) is 0 Å². The first-order chi connectivity index (χ1) is 16.0. The molecule has 2 aromatic carbocycles. The largest absolute Gasteiger partial charge is 0.419 e. The van der Waals surface area contributed by atoms with Crippen molar-refractivity contribution in [3.05, 3.63) is 87.5 Å². The summed E-state index contributed by atoms with van der Waals surface area (Å²) < 4.78 is 7.16. The molecular formula is C22H19ClN6O4. The number of nitro groups is 1. The van der Waals surface area contributed by atoms with E-state index in [1.807, 2.05) is 13.0 Å². The lowest BCUT2D eigenvalue weighted by Crippen LogP contribution is -2.31. The van der Waals surface area contributed by atoms with Gasteiger partial charge < -0.3 is 9.32 Å². The van der Waals surface area contributed by atoms with Gasteiger partial charge in [-0.1, -0.05) is 36.7 Å². The third kappa shape index (κ3) is 4.90. The Balaban J connectivity index is 1.53. The molecule has 0 aliphatic heterocycles. The van der Waals surface area contributed by atoms with Crippen molar-refractivity contribution in [1.29, 1.82) is 0 Å². The summed E-state index contributed by atoms with van der Waals surface area (Å²) in [6, 6.07) is 14.7. The van der Waals surface area contributed by atoms with E-state index < -0.39 is 4.92 Å². The summed E-state index contributed by atoms with van der Waals surface area (Å²) in [5.41, 5.74) is 1.23. The van der Waals surface area contributed by atoms with Crippen molar-refractivity contribution in [3.8, 4) is 17.1 Å². The summed E-state index contributed by atoms with van der Waals surface area (Å²) in [5.74, 6) is 0.220. The number of nitro benzene ring substituents is 1. The summed E-state index contributed by atoms with van der Waals surface area (Å²) in [6.07, 6.45) is 2.29. The second-order valence-corrected chi connectivity index (χ2v) is 7.54. The Bertz CT molecular complexity index is 1300. The topological polar surface area (TPSA) is 120 Å². The van der Waals surface area contributed by atoms with E-state index in [2.05, 4.69) is 15.3 Å². The molecule has 0 saturated carbocycles. The van der Waals surface area contributed by atoms with Crippen molar-refractivity contribution in [2.75, 3.05) is 6.54 Å². The average molecular weight is 467 g/mol. The molecule has 0 aliphatic carbocycles. The van der Waals surface area contributed by atoms with Crippen LogP contribution in [0.3, 0.4) is 0 Å². The number of rotatable bonds is 8. The highest BCUT2D eigenvalue weighted by atomic mass is 35.5. The third-order valence-electron chi connectivity index (χ3n) is 4.79. The lowest BCUT2D eigenvalue weighted by Gasteiger charge is -2.19. The lowest BCUT2D eigenvalue weighted by atomic mass is 10.2. The van der Waals surface area contributed by atoms with Gasteiger partial charge in [0, 0.05) is 24.9 Å². The summed E-state index contributed by atoms with van der Waals surface area (Å²) >= 11 is 6.19. The molecule has 2 heterocycles. The highest BCUT2D eigenvalue weighted by Gasteiger charge is 2.22. The van der Waals surface area contributed by atoms with Crippen LogP contribution in [0.2, 0.25) is 5.02 Å². The van der Waals surface area contributed by atoms with Crippen LogP contribution >= 0.6 is 11.6 Å². The van der Waals surface area contributed by atoms with Gasteiger partial charge in [-0.25, -0.2) is 4.68 Å². The van der Waals surface area contributed by atoms with Crippen molar-refractivity contribution in [2.45, 2.75) is 19.9 Å². The smallest absolute Gasteiger partial charge is 0.274 e. The molecule has 0 bridgehead atoms. The second-order valence-electron chi connectivity index (χ2n) is 7.13. The van der Waals surface area contributed by atoms with E-state index in [0.717, 1.165) is 0 Å². The maximum Gasteiger partial charge on any atom is 0.274 e. The quantitative estimate of drug-likeness (QED) is 0.276. The van der Waals surface area contributed by atoms with Crippen molar-refractivity contribution < 1.29 is 14.1 Å². The van der Waals surface area contributed by atoms with E-state index in [1.54, 1.807) is 47.5 Å². The lowest BCUT2D eigenvalue weighted by molar-refractivity contribution is -0.384. The zero-order valence-corrected chi connectivity index (χ0v) is 18.3. The van der Waals surface area contributed by atoms with Crippen molar-refractivity contribution in [2.24, 2.45) is 0 Å². The Morgan fingerprint density at radius 2 is 2.00 bits per heavy atom. The number of hydrogen-bond acceptors (Lipinski definition) is 7. The van der Waals surface area contributed by atoms with Crippen LogP contribution in [0.1, 0.15) is 29.7 Å². The first-order valence-corrected chi connectivity index (χ1v) is 10.5. The van der Waals surface area contributed by atoms with E-state index in [4.69, 9.17) is 16.0 Å². The zero-order chi connectivity index (χ0) is 23.4. The van der Waals surface area contributed by atoms with Gasteiger partial charge in [0.2, 0.25) is 11.8 Å². The number of halogens is 1. The Morgan fingerprint density at radius 3 is 2.76 bits per heavy atom. The van der Waals surface area contributed by atoms with Gasteiger partial charge >= 0.3 is 0 Å². The van der Waals surface area contributed by atoms with Gasteiger partial charge in [-0.15, -0.1) is 10.2 Å². The number of carbonyl (C=O) groups excluding carboxylic acids is 1. The molecule has 0 aliphatic rings. The van der Waals surface area contributed by atoms with E-state index in [-0.39, 0.29) is 35.6 Å². The molecule has 0 fully saturated rings. The fourth-order valence-corrected chi connectivity index (χ4v) is 3.46. The molecule has 1 amide bonds. The number of aromatic nitrogens is 4. The first kappa shape index (κ1) is 22.2. The van der Waals surface area contributed by atoms with Gasteiger partial charge in [0.05, 0.1) is 27.7 Å². The second kappa shape index (κ2) is 9.61. The van der Waals surface area contributed by atoms with Gasteiger partial charge in [0.25, 0.3) is 11.6 Å². The summed E-state index contributed by atoms with van der Waals surface area (Å²) in [5, 5.41) is 23.9. The van der Waals surface area contributed by atoms with E-state index in [9.17, 15) is 14.9 Å². The molecule has 0 unspecified atom stereocenters. The normalized spacial score (nSPS) is 10.8. The molecule has 0 atom stereocenters. The molecule has 4 rings (SSSR count). The van der Waals surface area contributed by atoms with Gasteiger partial charge in [0.1, 0.15) is 0 Å². The van der Waals surface area contributed by atoms with Gasteiger partial charge in [-0.3, -0.25) is 14.9 Å². The number of non-ortho nitro benzene ring substituents is 1. The summed E-state index contributed by atoms with van der Waals surface area (Å²) in [4.78, 5) is 25.2. The van der Waals surface area contributed by atoms with Crippen LogP contribution in [0, 0.1) is 10.1 Å². The van der Waals surface area contributed by atoms with Crippen LogP contribution in [0.4, 0.5) is 5.69 Å². The number of amides is 1. The number of benzene rings is 2. The molecule has 0 spiro atoms. The fraction of sp³-hybridized carbons (Fsp3) is 0.182. The molecular weight excluding hydrogens is 448 g/mol. The minimum Gasteiger partial charge on any atom is -0.419 e. The zero-order valence-electron chi connectivity index (χ0n) is 17.6. The number of carbonyl (C=O) groups is 1. The molecule has 0 N–H and O–H groups in total. The van der Waals surface area contributed by atoms with E-state index >= 15 is 0 Å². The minimum absolute atomic E-state index is 0.0609. The van der Waals surface area contributed by atoms with Crippen LogP contribution in [0.15, 0.2) is 65.2 Å². The van der Waals surface area contributed by atoms with E-state index in [0.29, 0.717) is 29.2 Å². The van der Waals surface area contributed by atoms with Crippen LogP contribution in [0.25, 0.3) is 17.1 Å². The minimum atomic E-state index is -0.483. The molecule has 168 valence electrons. The molecule has 11 heteroatoms. The van der Waals surface area contributed by atoms with Crippen molar-refractivity contribution >= 4 is 23.2 Å². The fourth-order valence-electron chi connectivity index (χ4n) is 3.24. The maximum atomic E-state index is 13.1. The molecule has 4 aromatic rings. The molecule has 2 aromatic heterocycles. The Labute approximate surface area is 193 Å². The number of hydrogen-bond donors (Lipinski definition) is 0. The van der Waals surface area contributed by atoms with Gasteiger partial charge in [-0.2, -0.15) is 5.10 Å². The highest BCUT2D eigenvalue weighted by Crippen LogP contribution is 2.26. The van der Waals surface area contributed by atoms with Gasteiger partial charge in [0.15, 0.2) is 5.69 Å². The van der Waals surface area contributed by atoms with Crippen LogP contribution < -0.4 is 0 Å². The molecule has 0 saturated heterocycles. The van der Waals surface area contributed by atoms with Crippen molar-refractivity contribution in [1.82, 2.24) is 24.9 Å². The van der Waals surface area contributed by atoms with Crippen LogP contribution in [-0.4, -0.2) is 42.3 Å². The summed E-state index contributed by atoms with van der Waals surface area (Å²) in [6.45, 7) is 2.51. The summed E-state index contributed by atoms with van der Waals surface area (Å²) in [7, 11) is 0. The predicted molar refractivity (Wildman–Crippen MR) is 120 cm³/mol. The maximum absolute atomic E-state index is 13.1. The molecule has 0 radical (unpaired) electrons. The van der Waals surface area contributed by atoms with E-state index in [1.165, 1.54) is 16.8 Å². The van der Waals surface area contributed by atoms with Gasteiger partial charge in [-0.05, 0) is 30.7 Å². The highest BCUT2D eigenvalue weighted by molar-refractivity contribution is 6.33. The first-order valence-electron chi connectivity index (χ1n) is 10.1. The standard InChI is InChI=1S/C22H19ClN6O4/c1-2-11-27(14-20-24-25-21(33-20)17-8-3-4-9-18(17)23)22(30)19-10-12-28(26-19)15-6-5-7-16(13-15)29(31)32/h3-10,12-13H,2,11,14H2,1H3. The Kier molecular flexibility index (Phi) is 6.45. The SMILES string of the molecule is CCCN(Cc1nnc(-c2ccccc2Cl)o1)C(=O)c1ccn(-c2cccc([N+](=O)[O-])c2)n1.